The largest absolute Gasteiger partial charge is 0.494 e. The first-order chi connectivity index (χ1) is 12.5. The zero-order valence-corrected chi connectivity index (χ0v) is 14.8. The third-order valence-corrected chi connectivity index (χ3v) is 4.23. The van der Waals surface area contributed by atoms with E-state index in [1.165, 1.54) is 31.6 Å². The van der Waals surface area contributed by atoms with E-state index < -0.39 is 5.82 Å². The highest BCUT2D eigenvalue weighted by molar-refractivity contribution is 5.90. The van der Waals surface area contributed by atoms with Crippen molar-refractivity contribution in [3.8, 4) is 5.75 Å². The summed E-state index contributed by atoms with van der Waals surface area (Å²) in [6.07, 6.45) is 1.38. The number of nitrogens with zero attached hydrogens (tertiary/aromatic N) is 3. The topological polar surface area (TPSA) is 50.3 Å². The average Bonchev–Trinajstić information content (AvgIpc) is 2.61. The van der Waals surface area contributed by atoms with E-state index in [0.717, 1.165) is 5.56 Å². The lowest BCUT2D eigenvalue weighted by atomic mass is 10.1. The van der Waals surface area contributed by atoms with Crippen LogP contribution in [0.1, 0.15) is 11.6 Å². The molecule has 1 unspecified atom stereocenters. The maximum absolute atomic E-state index is 13.9. The zero-order chi connectivity index (χ0) is 18.7. The maximum Gasteiger partial charge on any atom is 0.167 e. The molecule has 0 saturated carbocycles. The Bertz CT molecular complexity index is 917. The molecule has 3 rings (SSSR count). The quantitative estimate of drug-likeness (QED) is 0.729. The Morgan fingerprint density at radius 3 is 2.65 bits per heavy atom. The summed E-state index contributed by atoms with van der Waals surface area (Å²) in [7, 11) is 5.26. The predicted molar refractivity (Wildman–Crippen MR) is 97.4 cm³/mol. The number of hydrogen-bond acceptors (Lipinski definition) is 5. The molecule has 0 aliphatic heterocycles. The van der Waals surface area contributed by atoms with Crippen molar-refractivity contribution in [2.45, 2.75) is 6.04 Å². The molecule has 2 aromatic carbocycles. The van der Waals surface area contributed by atoms with Crippen LogP contribution in [0.3, 0.4) is 0 Å². The van der Waals surface area contributed by atoms with E-state index in [2.05, 4.69) is 15.3 Å². The third kappa shape index (κ3) is 3.72. The molecule has 0 spiro atoms. The van der Waals surface area contributed by atoms with Crippen LogP contribution in [0.2, 0.25) is 0 Å². The fourth-order valence-electron chi connectivity index (χ4n) is 2.86. The Morgan fingerprint density at radius 2 is 1.96 bits per heavy atom. The molecule has 0 aliphatic carbocycles. The number of hydrogen-bond donors (Lipinski definition) is 1. The standard InChI is InChI=1S/C19H20F2N4O/c1-25(2)17(12-5-4-6-13(20)7-12)10-22-19-14-8-18(26-3)15(21)9-16(14)23-11-24-19/h4-9,11,17H,10H2,1-3H3,(H,22,23,24). The molecule has 0 aliphatic rings. The maximum atomic E-state index is 13.9. The van der Waals surface area contributed by atoms with E-state index in [1.807, 2.05) is 25.1 Å². The molecule has 1 heterocycles. The van der Waals surface area contributed by atoms with E-state index in [0.29, 0.717) is 23.3 Å². The number of anilines is 1. The van der Waals surface area contributed by atoms with E-state index in [4.69, 9.17) is 4.74 Å². The Balaban J connectivity index is 1.90. The van der Waals surface area contributed by atoms with Crippen LogP contribution in [-0.4, -0.2) is 42.6 Å². The molecule has 5 nitrogen and oxygen atoms in total. The van der Waals surface area contributed by atoms with Crippen molar-refractivity contribution in [1.82, 2.24) is 14.9 Å². The number of likely N-dealkylation sites (N-methyl/N-ethyl adjacent to an activating group) is 1. The summed E-state index contributed by atoms with van der Waals surface area (Å²) in [6.45, 7) is 0.488. The molecule has 1 aromatic heterocycles. The molecule has 0 fully saturated rings. The van der Waals surface area contributed by atoms with Crippen LogP contribution in [0, 0.1) is 11.6 Å². The van der Waals surface area contributed by atoms with Gasteiger partial charge in [-0.1, -0.05) is 12.1 Å². The molecule has 0 amide bonds. The monoisotopic (exact) mass is 358 g/mol. The molecule has 1 N–H and O–H groups in total. The van der Waals surface area contributed by atoms with Crippen molar-refractivity contribution in [3.05, 3.63) is 59.9 Å². The van der Waals surface area contributed by atoms with E-state index in [-0.39, 0.29) is 17.6 Å². The van der Waals surface area contributed by atoms with Crippen molar-refractivity contribution < 1.29 is 13.5 Å². The fourth-order valence-corrected chi connectivity index (χ4v) is 2.86. The van der Waals surface area contributed by atoms with Gasteiger partial charge in [-0.25, -0.2) is 18.7 Å². The molecule has 0 radical (unpaired) electrons. The Labute approximate surface area is 150 Å². The minimum atomic E-state index is -0.476. The average molecular weight is 358 g/mol. The van der Waals surface area contributed by atoms with Crippen LogP contribution < -0.4 is 10.1 Å². The van der Waals surface area contributed by atoms with Crippen molar-refractivity contribution in [1.29, 1.82) is 0 Å². The van der Waals surface area contributed by atoms with Crippen molar-refractivity contribution >= 4 is 16.7 Å². The molecule has 26 heavy (non-hydrogen) atoms. The highest BCUT2D eigenvalue weighted by Gasteiger charge is 2.16. The van der Waals surface area contributed by atoms with Crippen LogP contribution in [-0.2, 0) is 0 Å². The fraction of sp³-hybridized carbons (Fsp3) is 0.263. The van der Waals surface area contributed by atoms with Crippen LogP contribution in [0.25, 0.3) is 10.9 Å². The first-order valence-electron chi connectivity index (χ1n) is 8.13. The second-order valence-corrected chi connectivity index (χ2v) is 6.14. The molecule has 0 bridgehead atoms. The molecule has 7 heteroatoms. The molecular weight excluding hydrogens is 338 g/mol. The van der Waals surface area contributed by atoms with Crippen LogP contribution in [0.15, 0.2) is 42.7 Å². The smallest absolute Gasteiger partial charge is 0.167 e. The zero-order valence-electron chi connectivity index (χ0n) is 14.8. The number of nitrogens with one attached hydrogen (secondary N) is 1. The van der Waals surface area contributed by atoms with Crippen molar-refractivity contribution in [3.63, 3.8) is 0 Å². The van der Waals surface area contributed by atoms with Gasteiger partial charge < -0.3 is 15.0 Å². The molecule has 0 saturated heterocycles. The molecule has 3 aromatic rings. The number of aromatic nitrogens is 2. The van der Waals surface area contributed by atoms with Crippen molar-refractivity contribution in [2.75, 3.05) is 33.1 Å². The van der Waals surface area contributed by atoms with Gasteiger partial charge in [0.05, 0.1) is 18.7 Å². The summed E-state index contributed by atoms with van der Waals surface area (Å²) < 4.78 is 32.5. The summed E-state index contributed by atoms with van der Waals surface area (Å²) in [6, 6.07) is 9.32. The summed E-state index contributed by atoms with van der Waals surface area (Å²) in [5.74, 6) is -0.0566. The lowest BCUT2D eigenvalue weighted by Gasteiger charge is -2.25. The predicted octanol–water partition coefficient (Wildman–Crippen LogP) is 3.63. The first kappa shape index (κ1) is 18.0. The van der Waals surface area contributed by atoms with Gasteiger partial charge in [0.15, 0.2) is 11.6 Å². The van der Waals surface area contributed by atoms with Gasteiger partial charge >= 0.3 is 0 Å². The second-order valence-electron chi connectivity index (χ2n) is 6.14. The Hall–Kier alpha value is -2.80. The highest BCUT2D eigenvalue weighted by atomic mass is 19.1. The van der Waals surface area contributed by atoms with Gasteiger partial charge in [-0.2, -0.15) is 0 Å². The molecule has 1 atom stereocenters. The van der Waals surface area contributed by atoms with Gasteiger partial charge in [0.1, 0.15) is 18.0 Å². The van der Waals surface area contributed by atoms with Gasteiger partial charge in [0.25, 0.3) is 0 Å². The van der Waals surface area contributed by atoms with E-state index >= 15 is 0 Å². The van der Waals surface area contributed by atoms with Gasteiger partial charge in [0.2, 0.25) is 0 Å². The summed E-state index contributed by atoms with van der Waals surface area (Å²) >= 11 is 0. The summed E-state index contributed by atoms with van der Waals surface area (Å²) in [5.41, 5.74) is 1.33. The lowest BCUT2D eigenvalue weighted by molar-refractivity contribution is 0.311. The second kappa shape index (κ2) is 7.61. The Morgan fingerprint density at radius 1 is 1.15 bits per heavy atom. The molecular formula is C19H20F2N4O. The normalized spacial score (nSPS) is 12.4. The third-order valence-electron chi connectivity index (χ3n) is 4.23. The summed E-state index contributed by atoms with van der Waals surface area (Å²) in [4.78, 5) is 10.4. The van der Waals surface area contributed by atoms with Gasteiger partial charge in [0, 0.05) is 18.0 Å². The Kier molecular flexibility index (Phi) is 5.27. The number of benzene rings is 2. The number of halogens is 2. The number of fused-ring (bicyclic) bond motifs is 1. The highest BCUT2D eigenvalue weighted by Crippen LogP contribution is 2.28. The van der Waals surface area contributed by atoms with E-state index in [9.17, 15) is 8.78 Å². The number of rotatable bonds is 6. The minimum absolute atomic E-state index is 0.0712. The van der Waals surface area contributed by atoms with Gasteiger partial charge in [-0.15, -0.1) is 0 Å². The minimum Gasteiger partial charge on any atom is -0.494 e. The lowest BCUT2D eigenvalue weighted by Crippen LogP contribution is -2.27. The van der Waals surface area contributed by atoms with Gasteiger partial charge in [-0.3, -0.25) is 0 Å². The molecule has 136 valence electrons. The van der Waals surface area contributed by atoms with Crippen LogP contribution >= 0.6 is 0 Å². The number of ether oxygens (including phenoxy) is 1. The number of methoxy groups -OCH3 is 1. The van der Waals surface area contributed by atoms with Crippen LogP contribution in [0.4, 0.5) is 14.6 Å². The van der Waals surface area contributed by atoms with Crippen LogP contribution in [0.5, 0.6) is 5.75 Å². The van der Waals surface area contributed by atoms with E-state index in [1.54, 1.807) is 12.1 Å². The van der Waals surface area contributed by atoms with Gasteiger partial charge in [-0.05, 0) is 37.9 Å². The van der Waals surface area contributed by atoms with Crippen molar-refractivity contribution in [2.24, 2.45) is 0 Å². The summed E-state index contributed by atoms with van der Waals surface area (Å²) in [5, 5.41) is 3.92. The first-order valence-corrected chi connectivity index (χ1v) is 8.13. The SMILES string of the molecule is COc1cc2c(NCC(c3cccc(F)c3)N(C)C)ncnc2cc1F.